The average Bonchev–Trinajstić information content (AvgIpc) is 2.96. The molecule has 0 aromatic carbocycles. The number of unbranched alkanes of at least 4 members (excludes halogenated alkanes) is 28. The minimum absolute atomic E-state index is 0.183. The Hall–Kier alpha value is -0.660. The number of carbonyl (C=O) groups is 2. The third-order valence-electron chi connectivity index (χ3n) is 9.20. The van der Waals surface area contributed by atoms with Crippen molar-refractivity contribution in [2.24, 2.45) is 5.41 Å². The van der Waals surface area contributed by atoms with Crippen LogP contribution in [0.3, 0.4) is 0 Å². The molecule has 0 N–H and O–H groups in total. The van der Waals surface area contributed by atoms with Crippen LogP contribution in [-0.2, 0) is 9.59 Å². The highest BCUT2D eigenvalue weighted by atomic mass is 16.1. The number of Topliss-reactive ketones (excluding diaryl/α,β-unsaturated/α-hetero) is 1. The van der Waals surface area contributed by atoms with Gasteiger partial charge in [0.05, 0.1) is 5.41 Å². The molecule has 2 nitrogen and oxygen atoms in total. The summed E-state index contributed by atoms with van der Waals surface area (Å²) < 4.78 is 0. The molecule has 1 atom stereocenters. The Kier molecular flexibility index (Phi) is 30.8. The first-order valence-electron chi connectivity index (χ1n) is 18.6. The maximum atomic E-state index is 12.8. The van der Waals surface area contributed by atoms with Crippen LogP contribution in [0.4, 0.5) is 0 Å². The Morgan fingerprint density at radius 3 is 0.950 bits per heavy atom. The topological polar surface area (TPSA) is 34.1 Å². The maximum Gasteiger partial charge on any atom is 0.145 e. The first-order chi connectivity index (χ1) is 19.6. The predicted molar refractivity (Wildman–Crippen MR) is 178 cm³/mol. The van der Waals surface area contributed by atoms with Crippen molar-refractivity contribution in [1.82, 2.24) is 0 Å². The van der Waals surface area contributed by atoms with Crippen LogP contribution in [0.1, 0.15) is 226 Å². The molecule has 0 fully saturated rings. The Labute approximate surface area is 253 Å². The summed E-state index contributed by atoms with van der Waals surface area (Å²) in [6.07, 6.45) is 42.5. The van der Waals surface area contributed by atoms with Gasteiger partial charge in [-0.3, -0.25) is 4.79 Å². The smallest absolute Gasteiger partial charge is 0.145 e. The Morgan fingerprint density at radius 2 is 0.675 bits per heavy atom. The zero-order valence-electron chi connectivity index (χ0n) is 28.0. The van der Waals surface area contributed by atoms with Gasteiger partial charge in [-0.2, -0.15) is 0 Å². The molecule has 0 heterocycles. The van der Waals surface area contributed by atoms with E-state index in [9.17, 15) is 9.59 Å². The second kappa shape index (κ2) is 31.3. The van der Waals surface area contributed by atoms with Crippen LogP contribution < -0.4 is 0 Å². The average molecular weight is 563 g/mol. The number of aldehydes is 1. The molecule has 0 spiro atoms. The number of hydrogen-bond donors (Lipinski definition) is 0. The molecule has 0 rings (SSSR count). The molecule has 0 aromatic heterocycles. The van der Waals surface area contributed by atoms with E-state index in [0.717, 1.165) is 38.4 Å². The quantitative estimate of drug-likeness (QED) is 0.0444. The van der Waals surface area contributed by atoms with Crippen LogP contribution in [-0.4, -0.2) is 12.1 Å². The number of ketones is 1. The van der Waals surface area contributed by atoms with E-state index in [-0.39, 0.29) is 5.78 Å². The summed E-state index contributed by atoms with van der Waals surface area (Å²) in [6.45, 7) is 6.45. The molecule has 1 unspecified atom stereocenters. The van der Waals surface area contributed by atoms with E-state index in [2.05, 4.69) is 13.8 Å². The van der Waals surface area contributed by atoms with Crippen molar-refractivity contribution in [3.05, 3.63) is 0 Å². The predicted octanol–water partition coefficient (Wildman–Crippen LogP) is 13.3. The first kappa shape index (κ1) is 39.3. The fourth-order valence-corrected chi connectivity index (χ4v) is 6.07. The van der Waals surface area contributed by atoms with Crippen molar-refractivity contribution < 1.29 is 9.59 Å². The van der Waals surface area contributed by atoms with E-state index in [0.29, 0.717) is 6.42 Å². The fraction of sp³-hybridized carbons (Fsp3) is 0.947. The van der Waals surface area contributed by atoms with E-state index in [1.165, 1.54) is 167 Å². The third kappa shape index (κ3) is 26.3. The van der Waals surface area contributed by atoms with Gasteiger partial charge in [-0.15, -0.1) is 0 Å². The van der Waals surface area contributed by atoms with Gasteiger partial charge >= 0.3 is 0 Å². The lowest BCUT2D eigenvalue weighted by atomic mass is 9.80. The number of carbonyl (C=O) groups excluding carboxylic acids is 2. The van der Waals surface area contributed by atoms with Crippen LogP contribution >= 0.6 is 0 Å². The number of hydrogen-bond acceptors (Lipinski definition) is 2. The van der Waals surface area contributed by atoms with Crippen molar-refractivity contribution in [3.63, 3.8) is 0 Å². The third-order valence-corrected chi connectivity index (χ3v) is 9.20. The summed E-state index contributed by atoms with van der Waals surface area (Å²) in [5.41, 5.74) is -0.743. The van der Waals surface area contributed by atoms with Crippen LogP contribution in [0.5, 0.6) is 0 Å². The van der Waals surface area contributed by atoms with Gasteiger partial charge in [-0.1, -0.05) is 200 Å². The standard InChI is InChI=1S/C38H74O2/c1-4-6-8-10-12-14-16-18-20-21-22-24-26-28-30-32-34-37(40)38(3,36-39)35-33-31-29-27-25-23-19-17-15-13-11-9-7-5-2/h36H,4-35H2,1-3H3. The molecule has 0 amide bonds. The molecule has 0 saturated heterocycles. The molecule has 0 radical (unpaired) electrons. The molecule has 238 valence electrons. The molecule has 40 heavy (non-hydrogen) atoms. The Bertz CT molecular complexity index is 528. The van der Waals surface area contributed by atoms with Gasteiger partial charge in [0, 0.05) is 6.42 Å². The fourth-order valence-electron chi connectivity index (χ4n) is 6.07. The largest absolute Gasteiger partial charge is 0.302 e. The molecule has 0 aliphatic carbocycles. The first-order valence-corrected chi connectivity index (χ1v) is 18.6. The highest BCUT2D eigenvalue weighted by Gasteiger charge is 2.31. The molecule has 2 heteroatoms. The minimum atomic E-state index is -0.743. The molecule has 0 saturated carbocycles. The second-order valence-corrected chi connectivity index (χ2v) is 13.4. The van der Waals surface area contributed by atoms with Gasteiger partial charge in [0.1, 0.15) is 12.1 Å². The molecular weight excluding hydrogens is 488 g/mol. The van der Waals surface area contributed by atoms with Gasteiger partial charge < -0.3 is 4.79 Å². The van der Waals surface area contributed by atoms with Crippen LogP contribution in [0.25, 0.3) is 0 Å². The summed E-state index contributed by atoms with van der Waals surface area (Å²) in [5.74, 6) is 0.183. The molecule has 0 aliphatic heterocycles. The summed E-state index contributed by atoms with van der Waals surface area (Å²) in [7, 11) is 0. The molecule has 0 aromatic rings. The van der Waals surface area contributed by atoms with E-state index in [1.54, 1.807) is 0 Å². The van der Waals surface area contributed by atoms with Gasteiger partial charge in [0.25, 0.3) is 0 Å². The molecular formula is C38H74O2. The number of rotatable bonds is 34. The summed E-state index contributed by atoms with van der Waals surface area (Å²) in [4.78, 5) is 24.6. The van der Waals surface area contributed by atoms with Crippen molar-refractivity contribution >= 4 is 12.1 Å². The summed E-state index contributed by atoms with van der Waals surface area (Å²) >= 11 is 0. The highest BCUT2D eigenvalue weighted by molar-refractivity contribution is 5.97. The maximum absolute atomic E-state index is 12.8. The lowest BCUT2D eigenvalue weighted by molar-refractivity contribution is -0.134. The molecule has 0 aliphatic rings. The van der Waals surface area contributed by atoms with Crippen molar-refractivity contribution in [3.8, 4) is 0 Å². The highest BCUT2D eigenvalue weighted by Crippen LogP contribution is 2.27. The zero-order valence-corrected chi connectivity index (χ0v) is 28.0. The van der Waals surface area contributed by atoms with E-state index < -0.39 is 5.41 Å². The lowest BCUT2D eigenvalue weighted by Gasteiger charge is -2.21. The Balaban J connectivity index is 3.54. The SMILES string of the molecule is CCCCCCCCCCCCCCCCCCC(=O)C(C)(C=O)CCCCCCCCCCCCCCCC. The normalized spacial score (nSPS) is 13.0. The van der Waals surface area contributed by atoms with E-state index in [1.807, 2.05) is 6.92 Å². The van der Waals surface area contributed by atoms with Crippen LogP contribution in [0.15, 0.2) is 0 Å². The van der Waals surface area contributed by atoms with Crippen molar-refractivity contribution in [2.75, 3.05) is 0 Å². The van der Waals surface area contributed by atoms with Gasteiger partial charge in [0.2, 0.25) is 0 Å². The van der Waals surface area contributed by atoms with Crippen LogP contribution in [0.2, 0.25) is 0 Å². The minimum Gasteiger partial charge on any atom is -0.302 e. The van der Waals surface area contributed by atoms with Crippen LogP contribution in [0, 0.1) is 5.41 Å². The van der Waals surface area contributed by atoms with Gasteiger partial charge in [0.15, 0.2) is 0 Å². The summed E-state index contributed by atoms with van der Waals surface area (Å²) in [6, 6.07) is 0. The second-order valence-electron chi connectivity index (χ2n) is 13.4. The summed E-state index contributed by atoms with van der Waals surface area (Å²) in [5, 5.41) is 0. The van der Waals surface area contributed by atoms with Gasteiger partial charge in [-0.25, -0.2) is 0 Å². The van der Waals surface area contributed by atoms with Gasteiger partial charge in [-0.05, 0) is 19.8 Å². The Morgan fingerprint density at radius 1 is 0.425 bits per heavy atom. The lowest BCUT2D eigenvalue weighted by Crippen LogP contribution is -2.29. The monoisotopic (exact) mass is 563 g/mol. The van der Waals surface area contributed by atoms with Crippen molar-refractivity contribution in [2.45, 2.75) is 226 Å². The molecule has 0 bridgehead atoms. The van der Waals surface area contributed by atoms with Crippen molar-refractivity contribution in [1.29, 1.82) is 0 Å². The van der Waals surface area contributed by atoms with E-state index >= 15 is 0 Å². The zero-order chi connectivity index (χ0) is 29.4. The van der Waals surface area contributed by atoms with E-state index in [4.69, 9.17) is 0 Å².